The van der Waals surface area contributed by atoms with Crippen LogP contribution in [-0.2, 0) is 0 Å². The first-order chi connectivity index (χ1) is 11.1. The molecule has 3 rings (SSSR count). The lowest BCUT2D eigenvalue weighted by molar-refractivity contribution is 0.0652. The molecular formula is C18H21N3O2. The summed E-state index contributed by atoms with van der Waals surface area (Å²) in [5.41, 5.74) is 0.732. The van der Waals surface area contributed by atoms with Crippen LogP contribution < -0.4 is 0 Å². The van der Waals surface area contributed by atoms with Gasteiger partial charge in [-0.2, -0.15) is 0 Å². The van der Waals surface area contributed by atoms with E-state index < -0.39 is 0 Å². The van der Waals surface area contributed by atoms with Crippen LogP contribution in [0.15, 0.2) is 42.5 Å². The van der Waals surface area contributed by atoms with Gasteiger partial charge < -0.3 is 14.7 Å². The highest BCUT2D eigenvalue weighted by Crippen LogP contribution is 2.20. The first-order valence-electron chi connectivity index (χ1n) is 7.81. The smallest absolute Gasteiger partial charge is 0.319 e. The van der Waals surface area contributed by atoms with Crippen LogP contribution in [0.3, 0.4) is 0 Å². The van der Waals surface area contributed by atoms with E-state index >= 15 is 0 Å². The van der Waals surface area contributed by atoms with Crippen LogP contribution in [0.4, 0.5) is 4.79 Å². The maximum Gasteiger partial charge on any atom is 0.319 e. The first-order valence-corrected chi connectivity index (χ1v) is 7.81. The highest BCUT2D eigenvalue weighted by molar-refractivity contribution is 6.07. The molecule has 0 aromatic heterocycles. The molecule has 1 aliphatic rings. The summed E-state index contributed by atoms with van der Waals surface area (Å²) in [7, 11) is 3.49. The van der Waals surface area contributed by atoms with Crippen molar-refractivity contribution in [1.82, 2.24) is 14.7 Å². The number of benzene rings is 2. The molecule has 0 N–H and O–H groups in total. The molecule has 0 aliphatic carbocycles. The quantitative estimate of drug-likeness (QED) is 0.811. The average Bonchev–Trinajstić information content (AvgIpc) is 2.60. The summed E-state index contributed by atoms with van der Waals surface area (Å²) in [5, 5.41) is 2.05. The van der Waals surface area contributed by atoms with Crippen molar-refractivity contribution in [2.24, 2.45) is 0 Å². The molecule has 0 spiro atoms. The van der Waals surface area contributed by atoms with E-state index in [9.17, 15) is 9.59 Å². The SMILES string of the molecule is CN(C)C(=O)N1CCN(C(=O)c2cccc3ccccc23)CC1. The normalized spacial score (nSPS) is 14.9. The van der Waals surface area contributed by atoms with Crippen LogP contribution in [0.5, 0.6) is 0 Å². The Labute approximate surface area is 136 Å². The van der Waals surface area contributed by atoms with Gasteiger partial charge in [0, 0.05) is 45.8 Å². The number of fused-ring (bicyclic) bond motifs is 1. The molecule has 2 aromatic rings. The molecule has 2 aromatic carbocycles. The Hall–Kier alpha value is -2.56. The number of nitrogens with zero attached hydrogens (tertiary/aromatic N) is 3. The number of piperazine rings is 1. The topological polar surface area (TPSA) is 43.9 Å². The van der Waals surface area contributed by atoms with E-state index in [4.69, 9.17) is 0 Å². The predicted octanol–water partition coefficient (Wildman–Crippen LogP) is 2.28. The lowest BCUT2D eigenvalue weighted by Crippen LogP contribution is -2.52. The van der Waals surface area contributed by atoms with Crippen LogP contribution in [0.25, 0.3) is 10.8 Å². The number of amides is 3. The number of carbonyl (C=O) groups excluding carboxylic acids is 2. The lowest BCUT2D eigenvalue weighted by atomic mass is 10.0. The molecule has 1 fully saturated rings. The summed E-state index contributed by atoms with van der Waals surface area (Å²) in [4.78, 5) is 30.0. The number of hydrogen-bond donors (Lipinski definition) is 0. The Morgan fingerprint density at radius 2 is 1.48 bits per heavy atom. The Morgan fingerprint density at radius 1 is 0.870 bits per heavy atom. The van der Waals surface area contributed by atoms with Crippen molar-refractivity contribution < 1.29 is 9.59 Å². The fraction of sp³-hybridized carbons (Fsp3) is 0.333. The van der Waals surface area contributed by atoms with Gasteiger partial charge in [0.15, 0.2) is 0 Å². The minimum atomic E-state index is 0.00209. The van der Waals surface area contributed by atoms with Gasteiger partial charge in [-0.3, -0.25) is 4.79 Å². The highest BCUT2D eigenvalue weighted by Gasteiger charge is 2.26. The fourth-order valence-electron chi connectivity index (χ4n) is 2.97. The van der Waals surface area contributed by atoms with E-state index in [1.165, 1.54) is 0 Å². The van der Waals surface area contributed by atoms with Crippen LogP contribution in [0.1, 0.15) is 10.4 Å². The zero-order chi connectivity index (χ0) is 16.4. The van der Waals surface area contributed by atoms with E-state index in [2.05, 4.69) is 0 Å². The van der Waals surface area contributed by atoms with Gasteiger partial charge in [-0.25, -0.2) is 4.79 Å². The summed E-state index contributed by atoms with van der Waals surface area (Å²) in [5.74, 6) is 0.0405. The Bertz CT molecular complexity index is 729. The molecule has 1 saturated heterocycles. The molecule has 5 nitrogen and oxygen atoms in total. The predicted molar refractivity (Wildman–Crippen MR) is 90.5 cm³/mol. The van der Waals surface area contributed by atoms with Gasteiger partial charge in [0.2, 0.25) is 0 Å². The molecule has 0 radical (unpaired) electrons. The Morgan fingerprint density at radius 3 is 2.17 bits per heavy atom. The molecule has 0 bridgehead atoms. The monoisotopic (exact) mass is 311 g/mol. The van der Waals surface area contributed by atoms with Gasteiger partial charge in [0.25, 0.3) is 5.91 Å². The van der Waals surface area contributed by atoms with E-state index in [-0.39, 0.29) is 11.9 Å². The van der Waals surface area contributed by atoms with Crippen LogP contribution in [0, 0.1) is 0 Å². The number of carbonyl (C=O) groups is 2. The maximum atomic E-state index is 12.8. The van der Waals surface area contributed by atoms with E-state index in [1.807, 2.05) is 47.4 Å². The third-order valence-corrected chi connectivity index (χ3v) is 4.24. The summed E-state index contributed by atoms with van der Waals surface area (Å²) >= 11 is 0. The molecule has 120 valence electrons. The largest absolute Gasteiger partial charge is 0.335 e. The second-order valence-corrected chi connectivity index (χ2v) is 5.98. The van der Waals surface area contributed by atoms with E-state index in [0.29, 0.717) is 26.2 Å². The van der Waals surface area contributed by atoms with Gasteiger partial charge in [0.05, 0.1) is 0 Å². The highest BCUT2D eigenvalue weighted by atomic mass is 16.2. The fourth-order valence-corrected chi connectivity index (χ4v) is 2.97. The molecule has 1 heterocycles. The summed E-state index contributed by atoms with van der Waals surface area (Å²) in [6, 6.07) is 13.7. The molecule has 1 aliphatic heterocycles. The zero-order valence-electron chi connectivity index (χ0n) is 13.5. The van der Waals surface area contributed by atoms with Crippen LogP contribution >= 0.6 is 0 Å². The molecule has 0 atom stereocenters. The van der Waals surface area contributed by atoms with Crippen LogP contribution in [-0.4, -0.2) is 66.9 Å². The minimum absolute atomic E-state index is 0.00209. The van der Waals surface area contributed by atoms with Crippen molar-refractivity contribution in [3.8, 4) is 0 Å². The van der Waals surface area contributed by atoms with Gasteiger partial charge >= 0.3 is 6.03 Å². The standard InChI is InChI=1S/C18H21N3O2/c1-19(2)18(23)21-12-10-20(11-13-21)17(22)16-9-5-7-14-6-3-4-8-15(14)16/h3-9H,10-13H2,1-2H3. The zero-order valence-corrected chi connectivity index (χ0v) is 13.5. The van der Waals surface area contributed by atoms with E-state index in [1.54, 1.807) is 23.9 Å². The number of urea groups is 1. The molecule has 23 heavy (non-hydrogen) atoms. The van der Waals surface area contributed by atoms with Crippen molar-refractivity contribution in [3.63, 3.8) is 0 Å². The van der Waals surface area contributed by atoms with Crippen molar-refractivity contribution in [3.05, 3.63) is 48.0 Å². The van der Waals surface area contributed by atoms with Gasteiger partial charge in [-0.15, -0.1) is 0 Å². The summed E-state index contributed by atoms with van der Waals surface area (Å²) in [6.07, 6.45) is 0. The number of rotatable bonds is 1. The van der Waals surface area contributed by atoms with E-state index in [0.717, 1.165) is 16.3 Å². The second kappa shape index (κ2) is 6.28. The third-order valence-electron chi connectivity index (χ3n) is 4.24. The first kappa shape index (κ1) is 15.3. The Kier molecular flexibility index (Phi) is 4.19. The summed E-state index contributed by atoms with van der Waals surface area (Å²) in [6.45, 7) is 2.30. The molecule has 0 saturated carbocycles. The molecular weight excluding hydrogens is 290 g/mol. The van der Waals surface area contributed by atoms with Crippen molar-refractivity contribution in [2.45, 2.75) is 0 Å². The van der Waals surface area contributed by atoms with Gasteiger partial charge in [0.1, 0.15) is 0 Å². The van der Waals surface area contributed by atoms with Crippen molar-refractivity contribution >= 4 is 22.7 Å². The van der Waals surface area contributed by atoms with Gasteiger partial charge in [-0.1, -0.05) is 36.4 Å². The molecule has 3 amide bonds. The van der Waals surface area contributed by atoms with Crippen molar-refractivity contribution in [2.75, 3.05) is 40.3 Å². The lowest BCUT2D eigenvalue weighted by Gasteiger charge is -2.36. The van der Waals surface area contributed by atoms with Crippen molar-refractivity contribution in [1.29, 1.82) is 0 Å². The van der Waals surface area contributed by atoms with Gasteiger partial charge in [-0.05, 0) is 16.8 Å². The van der Waals surface area contributed by atoms with Crippen LogP contribution in [0.2, 0.25) is 0 Å². The molecule has 5 heteroatoms. The maximum absolute atomic E-state index is 12.8. The number of hydrogen-bond acceptors (Lipinski definition) is 2. The average molecular weight is 311 g/mol. The third kappa shape index (κ3) is 2.99. The molecule has 0 unspecified atom stereocenters. The minimum Gasteiger partial charge on any atom is -0.335 e. The Balaban J connectivity index is 1.76. The summed E-state index contributed by atoms with van der Waals surface area (Å²) < 4.78 is 0. The second-order valence-electron chi connectivity index (χ2n) is 5.98.